The Bertz CT molecular complexity index is 104. The number of hydrogen-bond acceptors (Lipinski definition) is 1. The lowest BCUT2D eigenvalue weighted by atomic mass is 10.1. The molecule has 0 aromatic carbocycles. The minimum Gasteiger partial charge on any atom is -0.352 e. The normalized spacial score (nSPS) is 12.6. The maximum atomic E-state index is 10.4. The smallest absolute Gasteiger partial charge is 0.312 e. The van der Waals surface area contributed by atoms with Crippen molar-refractivity contribution < 1.29 is 4.79 Å². The van der Waals surface area contributed by atoms with Gasteiger partial charge in [-0.05, 0) is 12.8 Å². The first kappa shape index (κ1) is 9.27. The van der Waals surface area contributed by atoms with Crippen LogP contribution in [-0.4, -0.2) is 12.1 Å². The molecule has 1 atom stereocenters. The maximum Gasteiger partial charge on any atom is 0.312 e. The number of hydrogen-bond donors (Lipinski definition) is 2. The summed E-state index contributed by atoms with van der Waals surface area (Å²) in [7, 11) is 0. The monoisotopic (exact) mass is 144 g/mol. The first-order valence-electron chi connectivity index (χ1n) is 3.76. The van der Waals surface area contributed by atoms with Crippen LogP contribution in [0.15, 0.2) is 0 Å². The fourth-order valence-corrected chi connectivity index (χ4v) is 0.928. The summed E-state index contributed by atoms with van der Waals surface area (Å²) in [6.45, 7) is 4.13. The summed E-state index contributed by atoms with van der Waals surface area (Å²) in [5, 5.41) is 2.67. The number of urea groups is 1. The summed E-state index contributed by atoms with van der Waals surface area (Å²) in [4.78, 5) is 10.4. The van der Waals surface area contributed by atoms with E-state index in [0.717, 1.165) is 19.3 Å². The second kappa shape index (κ2) is 5.09. The van der Waals surface area contributed by atoms with Gasteiger partial charge in [-0.2, -0.15) is 0 Å². The van der Waals surface area contributed by atoms with E-state index in [1.165, 1.54) is 0 Å². The van der Waals surface area contributed by atoms with Crippen molar-refractivity contribution in [3.8, 4) is 0 Å². The number of amides is 2. The van der Waals surface area contributed by atoms with Crippen LogP contribution in [0.25, 0.3) is 0 Å². The zero-order valence-electron chi connectivity index (χ0n) is 6.68. The summed E-state index contributed by atoms with van der Waals surface area (Å²) in [6.07, 6.45) is 3.05. The van der Waals surface area contributed by atoms with Gasteiger partial charge in [0.15, 0.2) is 0 Å². The van der Waals surface area contributed by atoms with Crippen molar-refractivity contribution in [3.05, 3.63) is 0 Å². The van der Waals surface area contributed by atoms with Gasteiger partial charge in [0.25, 0.3) is 0 Å². The van der Waals surface area contributed by atoms with Gasteiger partial charge in [-0.1, -0.05) is 20.3 Å². The first-order valence-corrected chi connectivity index (χ1v) is 3.76. The van der Waals surface area contributed by atoms with E-state index in [9.17, 15) is 4.79 Å². The van der Waals surface area contributed by atoms with Gasteiger partial charge in [-0.25, -0.2) is 4.79 Å². The van der Waals surface area contributed by atoms with Crippen LogP contribution in [0.1, 0.15) is 33.1 Å². The molecule has 3 nitrogen and oxygen atoms in total. The predicted molar refractivity (Wildman–Crippen MR) is 41.7 cm³/mol. The number of carbonyl (C=O) groups is 1. The van der Waals surface area contributed by atoms with Gasteiger partial charge in [0, 0.05) is 6.04 Å². The minimum atomic E-state index is -0.416. The second-order valence-corrected chi connectivity index (χ2v) is 2.40. The van der Waals surface area contributed by atoms with Gasteiger partial charge >= 0.3 is 6.03 Å². The predicted octanol–water partition coefficient (Wildman–Crippen LogP) is 1.23. The van der Waals surface area contributed by atoms with Crippen molar-refractivity contribution in [2.45, 2.75) is 39.2 Å². The number of rotatable bonds is 4. The average molecular weight is 144 g/mol. The molecule has 10 heavy (non-hydrogen) atoms. The summed E-state index contributed by atoms with van der Waals surface area (Å²) < 4.78 is 0. The second-order valence-electron chi connectivity index (χ2n) is 2.40. The zero-order chi connectivity index (χ0) is 7.98. The van der Waals surface area contributed by atoms with Crippen LogP contribution in [0.4, 0.5) is 4.79 Å². The Hall–Kier alpha value is -0.730. The Labute approximate surface area is 62.0 Å². The van der Waals surface area contributed by atoms with Crippen LogP contribution in [0.3, 0.4) is 0 Å². The lowest BCUT2D eigenvalue weighted by Crippen LogP contribution is -2.38. The van der Waals surface area contributed by atoms with Gasteiger partial charge in [0.1, 0.15) is 0 Å². The molecule has 0 radical (unpaired) electrons. The zero-order valence-corrected chi connectivity index (χ0v) is 6.68. The molecule has 3 N–H and O–H groups in total. The lowest BCUT2D eigenvalue weighted by molar-refractivity contribution is 0.244. The van der Waals surface area contributed by atoms with E-state index in [1.54, 1.807) is 0 Å². The van der Waals surface area contributed by atoms with Crippen LogP contribution in [0.2, 0.25) is 0 Å². The van der Waals surface area contributed by atoms with Gasteiger partial charge < -0.3 is 11.1 Å². The number of carbonyl (C=O) groups excluding carboxylic acids is 1. The molecule has 0 heterocycles. The van der Waals surface area contributed by atoms with E-state index >= 15 is 0 Å². The molecule has 0 aliphatic heterocycles. The number of nitrogens with one attached hydrogen (secondary N) is 1. The molecule has 2 amide bonds. The molecule has 0 saturated carbocycles. The Morgan fingerprint density at radius 3 is 2.50 bits per heavy atom. The highest BCUT2D eigenvalue weighted by Crippen LogP contribution is 1.99. The van der Waals surface area contributed by atoms with Crippen molar-refractivity contribution in [1.82, 2.24) is 5.32 Å². The van der Waals surface area contributed by atoms with E-state index in [4.69, 9.17) is 5.73 Å². The highest BCUT2D eigenvalue weighted by atomic mass is 16.2. The molecule has 0 bridgehead atoms. The highest BCUT2D eigenvalue weighted by Gasteiger charge is 2.04. The minimum absolute atomic E-state index is 0.266. The molecule has 0 aromatic rings. The fourth-order valence-electron chi connectivity index (χ4n) is 0.928. The molecule has 60 valence electrons. The standard InChI is InChI=1S/C7H16N2O/c1-3-5-6(4-2)9-7(8)10/h6H,3-5H2,1-2H3,(H3,8,9,10)/t6-/m1/s1. The van der Waals surface area contributed by atoms with E-state index in [1.807, 2.05) is 6.92 Å². The molecule has 0 unspecified atom stereocenters. The molecule has 0 aliphatic rings. The van der Waals surface area contributed by atoms with E-state index in [-0.39, 0.29) is 6.04 Å². The van der Waals surface area contributed by atoms with Crippen molar-refractivity contribution in [2.75, 3.05) is 0 Å². The summed E-state index contributed by atoms with van der Waals surface area (Å²) >= 11 is 0. The van der Waals surface area contributed by atoms with Crippen molar-refractivity contribution in [2.24, 2.45) is 5.73 Å². The van der Waals surface area contributed by atoms with Crippen LogP contribution in [-0.2, 0) is 0 Å². The largest absolute Gasteiger partial charge is 0.352 e. The third-order valence-electron chi connectivity index (χ3n) is 1.48. The Balaban J connectivity index is 3.49. The van der Waals surface area contributed by atoms with E-state index in [0.29, 0.717) is 0 Å². The van der Waals surface area contributed by atoms with Gasteiger partial charge in [0.05, 0.1) is 0 Å². The average Bonchev–Trinajstić information content (AvgIpc) is 1.86. The van der Waals surface area contributed by atoms with Gasteiger partial charge in [-0.3, -0.25) is 0 Å². The summed E-state index contributed by atoms with van der Waals surface area (Å²) in [5.41, 5.74) is 4.95. The lowest BCUT2D eigenvalue weighted by Gasteiger charge is -2.13. The molecular weight excluding hydrogens is 128 g/mol. The molecule has 0 aliphatic carbocycles. The van der Waals surface area contributed by atoms with E-state index in [2.05, 4.69) is 12.2 Å². The topological polar surface area (TPSA) is 55.1 Å². The number of nitrogens with two attached hydrogens (primary N) is 1. The van der Waals surface area contributed by atoms with Gasteiger partial charge in [0.2, 0.25) is 0 Å². The van der Waals surface area contributed by atoms with E-state index < -0.39 is 6.03 Å². The molecule has 0 spiro atoms. The van der Waals surface area contributed by atoms with Crippen molar-refractivity contribution in [1.29, 1.82) is 0 Å². The number of primary amides is 1. The Kier molecular flexibility index (Phi) is 4.72. The van der Waals surface area contributed by atoms with Crippen LogP contribution < -0.4 is 11.1 Å². The fraction of sp³-hybridized carbons (Fsp3) is 0.857. The molecule has 0 fully saturated rings. The Morgan fingerprint density at radius 1 is 1.60 bits per heavy atom. The van der Waals surface area contributed by atoms with Crippen LogP contribution in [0.5, 0.6) is 0 Å². The first-order chi connectivity index (χ1) is 4.70. The van der Waals surface area contributed by atoms with Crippen molar-refractivity contribution >= 4 is 6.03 Å². The third-order valence-corrected chi connectivity index (χ3v) is 1.48. The quantitative estimate of drug-likeness (QED) is 0.612. The van der Waals surface area contributed by atoms with Gasteiger partial charge in [-0.15, -0.1) is 0 Å². The maximum absolute atomic E-state index is 10.4. The summed E-state index contributed by atoms with van der Waals surface area (Å²) in [5.74, 6) is 0. The highest BCUT2D eigenvalue weighted by molar-refractivity contribution is 5.71. The Morgan fingerprint density at radius 2 is 2.20 bits per heavy atom. The molecular formula is C7H16N2O. The summed E-state index contributed by atoms with van der Waals surface area (Å²) in [6, 6.07) is -0.150. The van der Waals surface area contributed by atoms with Crippen LogP contribution in [0, 0.1) is 0 Å². The molecule has 0 saturated heterocycles. The SMILES string of the molecule is CCC[C@@H](CC)NC(N)=O. The molecule has 3 heteroatoms. The molecule has 0 rings (SSSR count). The molecule has 0 aromatic heterocycles. The third kappa shape index (κ3) is 4.18. The van der Waals surface area contributed by atoms with Crippen molar-refractivity contribution in [3.63, 3.8) is 0 Å². The van der Waals surface area contributed by atoms with Crippen LogP contribution >= 0.6 is 0 Å².